The number of carbonyl (C=O) groups is 1. The highest BCUT2D eigenvalue weighted by molar-refractivity contribution is 9.10. The van der Waals surface area contributed by atoms with Gasteiger partial charge in [-0.15, -0.1) is 0 Å². The summed E-state index contributed by atoms with van der Waals surface area (Å²) >= 11 is 3.29. The molecule has 0 aliphatic rings. The highest BCUT2D eigenvalue weighted by Crippen LogP contribution is 2.34. The van der Waals surface area contributed by atoms with Crippen molar-refractivity contribution >= 4 is 27.6 Å². The van der Waals surface area contributed by atoms with E-state index in [2.05, 4.69) is 15.9 Å². The molecule has 8 heteroatoms. The molecule has 2 aromatic rings. The Labute approximate surface area is 133 Å². The Hall–Kier alpha value is -2.61. The first-order valence-corrected chi connectivity index (χ1v) is 6.79. The molecule has 114 valence electrons. The smallest absolute Gasteiger partial charge is 0.339 e. The molecule has 0 unspecified atom stereocenters. The lowest BCUT2D eigenvalue weighted by molar-refractivity contribution is -0.386. The van der Waals surface area contributed by atoms with Crippen LogP contribution in [0, 0.1) is 10.1 Å². The number of hydrogen-bond donors (Lipinski definition) is 2. The van der Waals surface area contributed by atoms with Gasteiger partial charge in [-0.05, 0) is 17.7 Å². The number of aromatic hydroxyl groups is 1. The van der Waals surface area contributed by atoms with Crippen LogP contribution in [0.5, 0.6) is 11.5 Å². The van der Waals surface area contributed by atoms with Gasteiger partial charge < -0.3 is 14.9 Å². The second-order valence-electron chi connectivity index (χ2n) is 4.32. The minimum Gasteiger partial charge on any atom is -0.507 e. The van der Waals surface area contributed by atoms with Crippen LogP contribution in [0.3, 0.4) is 0 Å². The normalized spacial score (nSPS) is 10.2. The van der Waals surface area contributed by atoms with Crippen LogP contribution in [-0.2, 0) is 6.61 Å². The van der Waals surface area contributed by atoms with Crippen LogP contribution in [0.2, 0.25) is 0 Å². The van der Waals surface area contributed by atoms with E-state index in [0.717, 1.165) is 22.2 Å². The van der Waals surface area contributed by atoms with E-state index in [9.17, 15) is 20.0 Å². The molecule has 0 spiro atoms. The molecule has 0 radical (unpaired) electrons. The summed E-state index contributed by atoms with van der Waals surface area (Å²) in [5.74, 6) is -2.26. The van der Waals surface area contributed by atoms with Crippen LogP contribution in [0.4, 0.5) is 5.69 Å². The van der Waals surface area contributed by atoms with Crippen molar-refractivity contribution in [2.45, 2.75) is 6.61 Å². The Kier molecular flexibility index (Phi) is 4.62. The molecule has 0 heterocycles. The maximum Gasteiger partial charge on any atom is 0.339 e. The number of ether oxygens (including phenoxy) is 1. The number of carboxylic acid groups (broad SMARTS) is 1. The Bertz CT molecular complexity index is 746. The number of hydrogen-bond acceptors (Lipinski definition) is 5. The van der Waals surface area contributed by atoms with E-state index in [0.29, 0.717) is 0 Å². The average molecular weight is 368 g/mol. The number of nitro groups is 1. The topological polar surface area (TPSA) is 110 Å². The Morgan fingerprint density at radius 2 is 2.05 bits per heavy atom. The number of halogens is 1. The number of nitrogens with zero attached hydrogens (tertiary/aromatic N) is 1. The molecule has 7 nitrogen and oxygen atoms in total. The van der Waals surface area contributed by atoms with Crippen molar-refractivity contribution in [2.24, 2.45) is 0 Å². The largest absolute Gasteiger partial charge is 0.507 e. The zero-order valence-corrected chi connectivity index (χ0v) is 12.6. The van der Waals surface area contributed by atoms with Crippen LogP contribution >= 0.6 is 15.9 Å². The Balaban J connectivity index is 2.32. The molecule has 0 bridgehead atoms. The van der Waals surface area contributed by atoms with Crippen LogP contribution in [0.1, 0.15) is 15.9 Å². The van der Waals surface area contributed by atoms with Gasteiger partial charge in [0.25, 0.3) is 0 Å². The quantitative estimate of drug-likeness (QED) is 0.619. The minimum atomic E-state index is -1.46. The second kappa shape index (κ2) is 6.44. The fraction of sp³-hybridized carbons (Fsp3) is 0.0714. The van der Waals surface area contributed by atoms with Crippen molar-refractivity contribution < 1.29 is 24.7 Å². The molecular weight excluding hydrogens is 358 g/mol. The van der Waals surface area contributed by atoms with Crippen molar-refractivity contribution in [3.63, 3.8) is 0 Å². The standard InChI is InChI=1S/C14H10BrNO6/c15-9-3-1-2-8(4-9)7-22-13-6-12(17)10(14(18)19)5-11(13)16(20)21/h1-6,17H,7H2,(H,18,19). The van der Waals surface area contributed by atoms with Gasteiger partial charge in [-0.1, -0.05) is 28.1 Å². The number of benzene rings is 2. The van der Waals surface area contributed by atoms with E-state index in [4.69, 9.17) is 9.84 Å². The van der Waals surface area contributed by atoms with Crippen molar-refractivity contribution in [1.82, 2.24) is 0 Å². The number of rotatable bonds is 5. The first-order chi connectivity index (χ1) is 10.4. The van der Waals surface area contributed by atoms with Gasteiger partial charge in [0.1, 0.15) is 17.9 Å². The van der Waals surface area contributed by atoms with Gasteiger partial charge in [-0.25, -0.2) is 4.79 Å². The predicted molar refractivity (Wildman–Crippen MR) is 80.2 cm³/mol. The zero-order chi connectivity index (χ0) is 16.3. The van der Waals surface area contributed by atoms with Gasteiger partial charge in [0.05, 0.1) is 4.92 Å². The van der Waals surface area contributed by atoms with Crippen LogP contribution < -0.4 is 4.74 Å². The summed E-state index contributed by atoms with van der Waals surface area (Å²) in [6.45, 7) is 0.0339. The Morgan fingerprint density at radius 1 is 1.32 bits per heavy atom. The minimum absolute atomic E-state index is 0.0339. The van der Waals surface area contributed by atoms with E-state index in [-0.39, 0.29) is 12.4 Å². The SMILES string of the molecule is O=C(O)c1cc([N+](=O)[O-])c(OCc2cccc(Br)c2)cc1O. The molecule has 2 rings (SSSR count). The summed E-state index contributed by atoms with van der Waals surface area (Å²) in [7, 11) is 0. The lowest BCUT2D eigenvalue weighted by Gasteiger charge is -2.09. The maximum atomic E-state index is 11.0. The third-order valence-electron chi connectivity index (χ3n) is 2.79. The number of phenols is 1. The summed E-state index contributed by atoms with van der Waals surface area (Å²) in [6, 6.07) is 8.84. The fourth-order valence-electron chi connectivity index (χ4n) is 1.78. The van der Waals surface area contributed by atoms with Crippen molar-refractivity contribution in [3.8, 4) is 11.5 Å². The second-order valence-corrected chi connectivity index (χ2v) is 5.23. The van der Waals surface area contributed by atoms with Crippen LogP contribution in [0.25, 0.3) is 0 Å². The molecule has 2 N–H and O–H groups in total. The lowest BCUT2D eigenvalue weighted by atomic mass is 10.1. The molecule has 22 heavy (non-hydrogen) atoms. The molecule has 0 aliphatic carbocycles. The summed E-state index contributed by atoms with van der Waals surface area (Å²) in [4.78, 5) is 21.2. The predicted octanol–water partition coefficient (Wildman–Crippen LogP) is 3.34. The Morgan fingerprint density at radius 3 is 2.64 bits per heavy atom. The molecule has 0 saturated carbocycles. The van der Waals surface area contributed by atoms with Crippen molar-refractivity contribution in [3.05, 3.63) is 62.1 Å². The van der Waals surface area contributed by atoms with E-state index in [1.807, 2.05) is 6.07 Å². The van der Waals surface area contributed by atoms with Crippen molar-refractivity contribution in [1.29, 1.82) is 0 Å². The molecule has 0 saturated heterocycles. The molecule has 2 aromatic carbocycles. The zero-order valence-electron chi connectivity index (χ0n) is 11.0. The van der Waals surface area contributed by atoms with Gasteiger partial charge in [0.2, 0.25) is 5.75 Å². The maximum absolute atomic E-state index is 11.0. The first kappa shape index (κ1) is 15.8. The van der Waals surface area contributed by atoms with Gasteiger partial charge in [0, 0.05) is 16.6 Å². The fourth-order valence-corrected chi connectivity index (χ4v) is 2.22. The summed E-state index contributed by atoms with van der Waals surface area (Å²) < 4.78 is 6.17. The van der Waals surface area contributed by atoms with Crippen LogP contribution in [0.15, 0.2) is 40.9 Å². The summed E-state index contributed by atoms with van der Waals surface area (Å²) in [5.41, 5.74) is -0.322. The average Bonchev–Trinajstić information content (AvgIpc) is 2.44. The highest BCUT2D eigenvalue weighted by Gasteiger charge is 2.22. The van der Waals surface area contributed by atoms with Gasteiger partial charge in [0.15, 0.2) is 0 Å². The summed E-state index contributed by atoms with van der Waals surface area (Å²) in [5, 5.41) is 29.5. The third-order valence-corrected chi connectivity index (χ3v) is 3.28. The molecule has 0 fully saturated rings. The molecular formula is C14H10BrNO6. The van der Waals surface area contributed by atoms with E-state index in [1.165, 1.54) is 0 Å². The van der Waals surface area contributed by atoms with Gasteiger partial charge in [-0.2, -0.15) is 0 Å². The molecule has 0 aromatic heterocycles. The van der Waals surface area contributed by atoms with Gasteiger partial charge >= 0.3 is 11.7 Å². The number of carboxylic acids is 1. The van der Waals surface area contributed by atoms with E-state index < -0.39 is 27.9 Å². The number of nitro benzene ring substituents is 1. The van der Waals surface area contributed by atoms with Crippen molar-refractivity contribution in [2.75, 3.05) is 0 Å². The molecule has 0 atom stereocenters. The number of aromatic carboxylic acids is 1. The lowest BCUT2D eigenvalue weighted by Crippen LogP contribution is -2.03. The third kappa shape index (κ3) is 3.53. The van der Waals surface area contributed by atoms with Gasteiger partial charge in [-0.3, -0.25) is 10.1 Å². The molecule has 0 aliphatic heterocycles. The van der Waals surface area contributed by atoms with E-state index >= 15 is 0 Å². The van der Waals surface area contributed by atoms with E-state index in [1.54, 1.807) is 18.2 Å². The molecule has 0 amide bonds. The monoisotopic (exact) mass is 367 g/mol. The first-order valence-electron chi connectivity index (χ1n) is 6.00. The highest BCUT2D eigenvalue weighted by atomic mass is 79.9. The summed E-state index contributed by atoms with van der Waals surface area (Å²) in [6.07, 6.45) is 0. The van der Waals surface area contributed by atoms with Crippen LogP contribution in [-0.4, -0.2) is 21.1 Å².